The van der Waals surface area contributed by atoms with E-state index in [9.17, 15) is 4.79 Å². The molecule has 3 heterocycles. The highest BCUT2D eigenvalue weighted by Crippen LogP contribution is 2.34. The second-order valence-corrected chi connectivity index (χ2v) is 6.76. The first-order valence-corrected chi connectivity index (χ1v) is 9.49. The van der Waals surface area contributed by atoms with Crippen molar-refractivity contribution in [2.75, 3.05) is 17.2 Å². The Labute approximate surface area is 168 Å². The standard InChI is InChI=1S/C21H22N6O2/c1-14-18(20(29)24-15-8-3-2-4-9-15)19(16-10-5-6-12-22-16)27-21(23-14)25-17(26-27)11-7-13-28/h2-6,8-10,12,19,28H,7,11,13H2,1H3,(H,24,29)(H,23,25,26)/t19-/m0/s1. The van der Waals surface area contributed by atoms with Crippen molar-refractivity contribution in [3.05, 3.63) is 77.5 Å². The molecule has 0 saturated carbocycles. The van der Waals surface area contributed by atoms with E-state index in [0.717, 1.165) is 0 Å². The number of pyridine rings is 1. The molecule has 0 radical (unpaired) electrons. The minimum absolute atomic E-state index is 0.0724. The third-order valence-electron chi connectivity index (χ3n) is 4.70. The Hall–Kier alpha value is -3.52. The molecular weight excluding hydrogens is 368 g/mol. The Bertz CT molecular complexity index is 1030. The van der Waals surface area contributed by atoms with Gasteiger partial charge >= 0.3 is 0 Å². The molecule has 1 amide bonds. The number of hydrogen-bond acceptors (Lipinski definition) is 6. The smallest absolute Gasteiger partial charge is 0.255 e. The summed E-state index contributed by atoms with van der Waals surface area (Å²) in [6.45, 7) is 1.92. The lowest BCUT2D eigenvalue weighted by Crippen LogP contribution is -2.32. The van der Waals surface area contributed by atoms with Gasteiger partial charge in [-0.25, -0.2) is 4.68 Å². The fraction of sp³-hybridized carbons (Fsp3) is 0.238. The minimum Gasteiger partial charge on any atom is -0.396 e. The monoisotopic (exact) mass is 390 g/mol. The van der Waals surface area contributed by atoms with Gasteiger partial charge in [-0.05, 0) is 37.6 Å². The highest BCUT2D eigenvalue weighted by Gasteiger charge is 2.35. The molecule has 0 unspecified atom stereocenters. The number of carbonyl (C=O) groups is 1. The molecular formula is C21H22N6O2. The van der Waals surface area contributed by atoms with Crippen LogP contribution in [0.3, 0.4) is 0 Å². The van der Waals surface area contributed by atoms with E-state index in [4.69, 9.17) is 5.11 Å². The number of carbonyl (C=O) groups excluding carboxylic acids is 1. The summed E-state index contributed by atoms with van der Waals surface area (Å²) in [7, 11) is 0. The largest absolute Gasteiger partial charge is 0.396 e. The fourth-order valence-corrected chi connectivity index (χ4v) is 3.36. The third kappa shape index (κ3) is 3.88. The molecule has 29 heavy (non-hydrogen) atoms. The molecule has 0 spiro atoms. The Morgan fingerprint density at radius 1 is 1.21 bits per heavy atom. The van der Waals surface area contributed by atoms with Crippen LogP contribution in [-0.2, 0) is 11.2 Å². The van der Waals surface area contributed by atoms with Crippen LogP contribution in [0.4, 0.5) is 11.6 Å². The number of para-hydroxylation sites is 1. The maximum Gasteiger partial charge on any atom is 0.255 e. The number of aryl methyl sites for hydroxylation is 1. The summed E-state index contributed by atoms with van der Waals surface area (Å²) in [4.78, 5) is 22.2. The van der Waals surface area contributed by atoms with E-state index in [1.54, 1.807) is 10.9 Å². The fourth-order valence-electron chi connectivity index (χ4n) is 3.36. The van der Waals surface area contributed by atoms with E-state index in [2.05, 4.69) is 25.7 Å². The number of aromatic nitrogens is 4. The van der Waals surface area contributed by atoms with Gasteiger partial charge in [0.25, 0.3) is 5.91 Å². The lowest BCUT2D eigenvalue weighted by atomic mass is 9.98. The first-order valence-electron chi connectivity index (χ1n) is 9.49. The molecule has 0 aliphatic carbocycles. The summed E-state index contributed by atoms with van der Waals surface area (Å²) in [6, 6.07) is 14.4. The predicted octanol–water partition coefficient (Wildman–Crippen LogP) is 2.53. The molecule has 0 fully saturated rings. The SMILES string of the molecule is CC1=C(C(=O)Nc2ccccc2)[C@H](c2ccccn2)n2nc(CCCO)nc2N1. The van der Waals surface area contributed by atoms with Crippen molar-refractivity contribution in [3.8, 4) is 0 Å². The van der Waals surface area contributed by atoms with Crippen molar-refractivity contribution in [1.82, 2.24) is 19.7 Å². The number of aliphatic hydroxyl groups is 1. The zero-order chi connectivity index (χ0) is 20.2. The topological polar surface area (TPSA) is 105 Å². The second-order valence-electron chi connectivity index (χ2n) is 6.76. The lowest BCUT2D eigenvalue weighted by molar-refractivity contribution is -0.113. The molecule has 1 aliphatic heterocycles. The van der Waals surface area contributed by atoms with Gasteiger partial charge in [-0.1, -0.05) is 24.3 Å². The van der Waals surface area contributed by atoms with Crippen molar-refractivity contribution in [3.63, 3.8) is 0 Å². The van der Waals surface area contributed by atoms with Gasteiger partial charge in [-0.15, -0.1) is 0 Å². The van der Waals surface area contributed by atoms with Gasteiger partial charge in [-0.2, -0.15) is 10.1 Å². The summed E-state index contributed by atoms with van der Waals surface area (Å²) >= 11 is 0. The summed E-state index contributed by atoms with van der Waals surface area (Å²) in [5.74, 6) is 0.942. The number of allylic oxidation sites excluding steroid dienone is 1. The van der Waals surface area contributed by atoms with Gasteiger partial charge in [0.05, 0.1) is 11.3 Å². The number of rotatable bonds is 6. The van der Waals surface area contributed by atoms with E-state index in [-0.39, 0.29) is 12.5 Å². The van der Waals surface area contributed by atoms with Gasteiger partial charge in [-0.3, -0.25) is 9.78 Å². The van der Waals surface area contributed by atoms with Crippen LogP contribution >= 0.6 is 0 Å². The first kappa shape index (κ1) is 18.8. The number of benzene rings is 1. The predicted molar refractivity (Wildman–Crippen MR) is 109 cm³/mol. The van der Waals surface area contributed by atoms with Crippen LogP contribution in [-0.4, -0.2) is 37.4 Å². The van der Waals surface area contributed by atoms with Crippen LogP contribution in [0.1, 0.15) is 30.9 Å². The molecule has 0 saturated heterocycles. The van der Waals surface area contributed by atoms with Crippen molar-refractivity contribution in [2.45, 2.75) is 25.8 Å². The number of fused-ring (bicyclic) bond motifs is 1. The van der Waals surface area contributed by atoms with Crippen LogP contribution < -0.4 is 10.6 Å². The number of nitrogens with zero attached hydrogens (tertiary/aromatic N) is 4. The Morgan fingerprint density at radius 2 is 2.00 bits per heavy atom. The summed E-state index contributed by atoms with van der Waals surface area (Å²) in [5.41, 5.74) is 2.64. The molecule has 2 aromatic heterocycles. The van der Waals surface area contributed by atoms with Crippen molar-refractivity contribution >= 4 is 17.5 Å². The van der Waals surface area contributed by atoms with E-state index in [0.29, 0.717) is 47.3 Å². The molecule has 1 aliphatic rings. The quantitative estimate of drug-likeness (QED) is 0.597. The van der Waals surface area contributed by atoms with Gasteiger partial charge < -0.3 is 15.7 Å². The molecule has 0 bridgehead atoms. The van der Waals surface area contributed by atoms with Crippen LogP contribution in [0.2, 0.25) is 0 Å². The van der Waals surface area contributed by atoms with E-state index < -0.39 is 6.04 Å². The van der Waals surface area contributed by atoms with Crippen molar-refractivity contribution in [1.29, 1.82) is 0 Å². The van der Waals surface area contributed by atoms with Crippen LogP contribution in [0.25, 0.3) is 0 Å². The van der Waals surface area contributed by atoms with E-state index >= 15 is 0 Å². The Balaban J connectivity index is 1.74. The van der Waals surface area contributed by atoms with Crippen LogP contribution in [0.15, 0.2) is 66.0 Å². The number of amides is 1. The summed E-state index contributed by atoms with van der Waals surface area (Å²) in [6.07, 6.45) is 2.83. The molecule has 3 aromatic rings. The lowest BCUT2D eigenvalue weighted by Gasteiger charge is -2.28. The normalized spacial score (nSPS) is 15.6. The zero-order valence-electron chi connectivity index (χ0n) is 16.0. The molecule has 8 heteroatoms. The zero-order valence-corrected chi connectivity index (χ0v) is 16.0. The maximum absolute atomic E-state index is 13.2. The molecule has 4 rings (SSSR count). The third-order valence-corrected chi connectivity index (χ3v) is 4.70. The minimum atomic E-state index is -0.508. The highest BCUT2D eigenvalue weighted by molar-refractivity contribution is 6.05. The maximum atomic E-state index is 13.2. The van der Waals surface area contributed by atoms with E-state index in [1.165, 1.54) is 0 Å². The second kappa shape index (κ2) is 8.24. The van der Waals surface area contributed by atoms with Gasteiger partial charge in [0.1, 0.15) is 6.04 Å². The Kier molecular flexibility index (Phi) is 5.35. The van der Waals surface area contributed by atoms with Gasteiger partial charge in [0, 0.05) is 30.6 Å². The van der Waals surface area contributed by atoms with E-state index in [1.807, 2.05) is 55.5 Å². The highest BCUT2D eigenvalue weighted by atomic mass is 16.3. The van der Waals surface area contributed by atoms with Crippen molar-refractivity contribution < 1.29 is 9.90 Å². The molecule has 148 valence electrons. The first-order chi connectivity index (χ1) is 14.2. The Morgan fingerprint density at radius 3 is 2.72 bits per heavy atom. The van der Waals surface area contributed by atoms with Crippen LogP contribution in [0.5, 0.6) is 0 Å². The number of anilines is 2. The molecule has 3 N–H and O–H groups in total. The number of aliphatic hydroxyl groups excluding tert-OH is 1. The average Bonchev–Trinajstić information content (AvgIpc) is 3.14. The van der Waals surface area contributed by atoms with Gasteiger partial charge in [0.2, 0.25) is 5.95 Å². The van der Waals surface area contributed by atoms with Crippen LogP contribution in [0, 0.1) is 0 Å². The average molecular weight is 390 g/mol. The number of nitrogens with one attached hydrogen (secondary N) is 2. The summed E-state index contributed by atoms with van der Waals surface area (Å²) in [5, 5.41) is 19.9. The molecule has 8 nitrogen and oxygen atoms in total. The summed E-state index contributed by atoms with van der Waals surface area (Å²) < 4.78 is 1.70. The number of hydrogen-bond donors (Lipinski definition) is 3. The molecule has 1 atom stereocenters. The molecule has 1 aromatic carbocycles. The van der Waals surface area contributed by atoms with Crippen molar-refractivity contribution in [2.24, 2.45) is 0 Å². The van der Waals surface area contributed by atoms with Gasteiger partial charge in [0.15, 0.2) is 5.82 Å².